The minimum atomic E-state index is -1.40. The maximum atomic E-state index is 14.1. The molecule has 6 N–H and O–H groups in total. The van der Waals surface area contributed by atoms with Crippen molar-refractivity contribution < 1.29 is 38.2 Å². The third kappa shape index (κ3) is 4.93. The Bertz CT molecular complexity index is 1580. The number of carboxylic acid groups (broad SMARTS) is 1. The van der Waals surface area contributed by atoms with Crippen LogP contribution in [0.3, 0.4) is 0 Å². The average molecular weight is 569 g/mol. The normalized spacial score (nSPS) is 18.9. The van der Waals surface area contributed by atoms with Gasteiger partial charge in [0.1, 0.15) is 35.3 Å². The number of β-lactam (4-membered cyclic amide) rings is 1. The van der Waals surface area contributed by atoms with Crippen molar-refractivity contribution in [3.63, 3.8) is 0 Å². The summed E-state index contributed by atoms with van der Waals surface area (Å²) in [6, 6.07) is 10.1. The summed E-state index contributed by atoms with van der Waals surface area (Å²) < 4.78 is 18.8. The van der Waals surface area contributed by atoms with Crippen molar-refractivity contribution in [2.75, 3.05) is 12.4 Å². The summed E-state index contributed by atoms with van der Waals surface area (Å²) >= 11 is 1.17. The number of fused-ring (bicyclic) bond motifs is 2. The highest BCUT2D eigenvalue weighted by Gasteiger charge is 2.54. The van der Waals surface area contributed by atoms with Crippen molar-refractivity contribution in [2.45, 2.75) is 17.5 Å². The van der Waals surface area contributed by atoms with Gasteiger partial charge in [0.15, 0.2) is 11.6 Å². The number of ether oxygens (including phenoxy) is 1. The summed E-state index contributed by atoms with van der Waals surface area (Å²) in [6.45, 7) is -0.398. The van der Waals surface area contributed by atoms with Crippen molar-refractivity contribution in [1.82, 2.24) is 25.5 Å². The van der Waals surface area contributed by atoms with Crippen molar-refractivity contribution in [3.05, 3.63) is 77.0 Å². The van der Waals surface area contributed by atoms with Gasteiger partial charge in [-0.1, -0.05) is 36.4 Å². The number of thioether (sulfide) groups is 1. The van der Waals surface area contributed by atoms with Crippen molar-refractivity contribution >= 4 is 52.6 Å². The number of imidazole rings is 1. The van der Waals surface area contributed by atoms with Gasteiger partial charge in [-0.3, -0.25) is 19.3 Å². The van der Waals surface area contributed by atoms with Crippen LogP contribution in [0.15, 0.2) is 59.8 Å². The Labute approximate surface area is 228 Å². The van der Waals surface area contributed by atoms with E-state index in [1.807, 2.05) is 0 Å². The standard InChI is InChI=1S/C25H21FN6O7S/c26-13-7-4-8-14-16(13)29-19(28-14)21(34)30-15(11-5-2-1-3-6-11)20(33)31-17-22(35)32-18(24(36)37)12(9-39-25(27)38)10-40-23(17)32/h1-8,15,17,23H,9-10H2,(H2,27,38)(H,28,29)(H,30,34)(H,31,33)(H,36,37)/t15?,17?,23-/m0/s1. The Balaban J connectivity index is 1.35. The van der Waals surface area contributed by atoms with Crippen LogP contribution in [0.25, 0.3) is 11.0 Å². The lowest BCUT2D eigenvalue weighted by molar-refractivity contribution is -0.151. The third-order valence-electron chi connectivity index (χ3n) is 6.29. The maximum absolute atomic E-state index is 14.1. The number of nitrogens with one attached hydrogen (secondary N) is 3. The Morgan fingerprint density at radius 3 is 2.62 bits per heavy atom. The van der Waals surface area contributed by atoms with E-state index >= 15 is 0 Å². The topological polar surface area (TPSA) is 197 Å². The summed E-state index contributed by atoms with van der Waals surface area (Å²) in [7, 11) is 0. The van der Waals surface area contributed by atoms with Gasteiger partial charge >= 0.3 is 12.1 Å². The molecule has 0 aliphatic carbocycles. The number of rotatable bonds is 8. The van der Waals surface area contributed by atoms with Crippen LogP contribution >= 0.6 is 11.8 Å². The zero-order valence-electron chi connectivity index (χ0n) is 20.4. The van der Waals surface area contributed by atoms with Crippen molar-refractivity contribution in [2.24, 2.45) is 5.73 Å². The quantitative estimate of drug-likeness (QED) is 0.246. The number of H-pyrrole nitrogens is 1. The molecule has 5 rings (SSSR count). The molecule has 1 aromatic heterocycles. The smallest absolute Gasteiger partial charge is 0.404 e. The van der Waals surface area contributed by atoms with E-state index in [1.165, 1.54) is 23.9 Å². The van der Waals surface area contributed by atoms with Gasteiger partial charge in [-0.25, -0.2) is 19.0 Å². The first-order chi connectivity index (χ1) is 19.2. The molecular weight excluding hydrogens is 547 g/mol. The summed E-state index contributed by atoms with van der Waals surface area (Å²) in [5.74, 6) is -4.34. The van der Waals surface area contributed by atoms with E-state index in [1.54, 1.807) is 36.4 Å². The van der Waals surface area contributed by atoms with Gasteiger partial charge in [0, 0.05) is 11.3 Å². The SMILES string of the molecule is NC(=O)OCC1=C(C(=O)O)N2C(=O)C(NC(=O)C(NC(=O)c3nc4c(F)cccc4[nH]3)c3ccccc3)[C@@H]2SC1. The fourth-order valence-corrected chi connectivity index (χ4v) is 5.77. The van der Waals surface area contributed by atoms with Crippen LogP contribution in [0.2, 0.25) is 0 Å². The molecule has 1 fully saturated rings. The van der Waals surface area contributed by atoms with E-state index in [2.05, 4.69) is 20.6 Å². The fourth-order valence-electron chi connectivity index (χ4n) is 4.44. The van der Waals surface area contributed by atoms with Gasteiger partial charge in [0.05, 0.1) is 5.52 Å². The number of benzene rings is 2. The fraction of sp³-hybridized carbons (Fsp3) is 0.200. The zero-order chi connectivity index (χ0) is 28.6. The molecule has 15 heteroatoms. The highest BCUT2D eigenvalue weighted by molar-refractivity contribution is 8.00. The zero-order valence-corrected chi connectivity index (χ0v) is 21.2. The molecule has 206 valence electrons. The molecule has 2 unspecified atom stereocenters. The van der Waals surface area contributed by atoms with Gasteiger partial charge < -0.3 is 31.2 Å². The highest BCUT2D eigenvalue weighted by Crippen LogP contribution is 2.40. The monoisotopic (exact) mass is 568 g/mol. The predicted octanol–water partition coefficient (Wildman–Crippen LogP) is 1.01. The van der Waals surface area contributed by atoms with E-state index < -0.39 is 59.7 Å². The second-order valence-corrected chi connectivity index (χ2v) is 9.90. The van der Waals surface area contributed by atoms with Crippen molar-refractivity contribution in [3.8, 4) is 0 Å². The first-order valence-corrected chi connectivity index (χ1v) is 12.8. The maximum Gasteiger partial charge on any atom is 0.404 e. The molecule has 40 heavy (non-hydrogen) atoms. The second-order valence-electron chi connectivity index (χ2n) is 8.80. The van der Waals surface area contributed by atoms with Crippen LogP contribution in [0.5, 0.6) is 0 Å². The molecule has 2 aliphatic rings. The Morgan fingerprint density at radius 2 is 1.95 bits per heavy atom. The van der Waals surface area contributed by atoms with E-state index in [4.69, 9.17) is 10.5 Å². The summed E-state index contributed by atoms with van der Waals surface area (Å²) in [6.07, 6.45) is -1.09. The van der Waals surface area contributed by atoms with Crippen LogP contribution in [-0.2, 0) is 19.1 Å². The van der Waals surface area contributed by atoms with Gasteiger partial charge in [-0.2, -0.15) is 0 Å². The number of halogens is 1. The number of carboxylic acids is 1. The largest absolute Gasteiger partial charge is 0.477 e. The van der Waals surface area contributed by atoms with Crippen LogP contribution in [0, 0.1) is 5.82 Å². The summed E-state index contributed by atoms with van der Waals surface area (Å²) in [4.78, 5) is 70.1. The summed E-state index contributed by atoms with van der Waals surface area (Å²) in [5.41, 5.74) is 5.46. The second kappa shape index (κ2) is 10.7. The van der Waals surface area contributed by atoms with Gasteiger partial charge in [0.25, 0.3) is 11.8 Å². The molecule has 4 amide bonds. The molecule has 0 radical (unpaired) electrons. The third-order valence-corrected chi connectivity index (χ3v) is 7.62. The lowest BCUT2D eigenvalue weighted by atomic mass is 10.0. The molecule has 1 saturated heterocycles. The Morgan fingerprint density at radius 1 is 1.20 bits per heavy atom. The minimum absolute atomic E-state index is 0.0364. The number of carbonyl (C=O) groups excluding carboxylic acids is 4. The average Bonchev–Trinajstić information content (AvgIpc) is 3.39. The first kappa shape index (κ1) is 26.7. The number of hydrogen-bond acceptors (Lipinski definition) is 8. The molecule has 3 atom stereocenters. The number of aromatic amines is 1. The molecule has 0 bridgehead atoms. The predicted molar refractivity (Wildman–Crippen MR) is 138 cm³/mol. The molecular formula is C25H21FN6O7S. The molecule has 2 aromatic carbocycles. The van der Waals surface area contributed by atoms with E-state index in [0.29, 0.717) is 11.1 Å². The number of aliphatic carboxylic acids is 1. The number of hydrogen-bond donors (Lipinski definition) is 5. The highest BCUT2D eigenvalue weighted by atomic mass is 32.2. The minimum Gasteiger partial charge on any atom is -0.477 e. The molecule has 2 aliphatic heterocycles. The molecule has 0 spiro atoms. The van der Waals surface area contributed by atoms with E-state index in [0.717, 1.165) is 4.90 Å². The van der Waals surface area contributed by atoms with Crippen molar-refractivity contribution in [1.29, 1.82) is 0 Å². The Kier molecular flexibility index (Phi) is 7.13. The number of amides is 4. The van der Waals surface area contributed by atoms with Crippen LogP contribution < -0.4 is 16.4 Å². The number of aromatic nitrogens is 2. The molecule has 3 aromatic rings. The number of carbonyl (C=O) groups is 5. The number of nitrogens with two attached hydrogens (primary N) is 1. The lowest BCUT2D eigenvalue weighted by Crippen LogP contribution is -2.71. The number of primary amides is 1. The number of nitrogens with zero attached hydrogens (tertiary/aromatic N) is 2. The van der Waals surface area contributed by atoms with Gasteiger partial charge in [-0.15, -0.1) is 11.8 Å². The molecule has 13 nitrogen and oxygen atoms in total. The van der Waals surface area contributed by atoms with E-state index in [-0.39, 0.29) is 28.4 Å². The van der Waals surface area contributed by atoms with E-state index in [9.17, 15) is 33.5 Å². The van der Waals surface area contributed by atoms with Crippen LogP contribution in [-0.4, -0.2) is 73.5 Å². The van der Waals surface area contributed by atoms with Crippen LogP contribution in [0.4, 0.5) is 9.18 Å². The number of para-hydroxylation sites is 1. The lowest BCUT2D eigenvalue weighted by Gasteiger charge is -2.49. The Hall–Kier alpha value is -4.92. The molecule has 0 saturated carbocycles. The first-order valence-electron chi connectivity index (χ1n) is 11.8. The van der Waals surface area contributed by atoms with Gasteiger partial charge in [0.2, 0.25) is 5.91 Å². The summed E-state index contributed by atoms with van der Waals surface area (Å²) in [5, 5.41) is 14.1. The van der Waals surface area contributed by atoms with Gasteiger partial charge in [-0.05, 0) is 17.7 Å². The van der Waals surface area contributed by atoms with Crippen LogP contribution in [0.1, 0.15) is 22.2 Å². The molecule has 3 heterocycles.